The van der Waals surface area contributed by atoms with Crippen molar-refractivity contribution in [3.63, 3.8) is 0 Å². The molecule has 0 aliphatic heterocycles. The third-order valence-electron chi connectivity index (χ3n) is 1.60. The number of hydrogen-bond donors (Lipinski definition) is 2. The molecule has 2 N–H and O–H groups in total. The van der Waals surface area contributed by atoms with Crippen LogP contribution in [0, 0.1) is 0 Å². The average molecular weight is 196 g/mol. The number of aromatic hydroxyl groups is 1. The van der Waals surface area contributed by atoms with Gasteiger partial charge in [-0.1, -0.05) is 0 Å². The van der Waals surface area contributed by atoms with E-state index in [1.54, 1.807) is 0 Å². The quantitative estimate of drug-likeness (QED) is 0.717. The van der Waals surface area contributed by atoms with Crippen LogP contribution in [0.2, 0.25) is 0 Å². The summed E-state index contributed by atoms with van der Waals surface area (Å²) in [4.78, 5) is 21.7. The lowest BCUT2D eigenvalue weighted by molar-refractivity contribution is 0.0696. The van der Waals surface area contributed by atoms with Gasteiger partial charge in [-0.25, -0.2) is 4.79 Å². The second-order valence-electron chi connectivity index (χ2n) is 2.55. The molecule has 74 valence electrons. The maximum Gasteiger partial charge on any atom is 0.335 e. The topological polar surface area (TPSA) is 83.8 Å². The van der Waals surface area contributed by atoms with Crippen molar-refractivity contribution in [2.45, 2.75) is 0 Å². The van der Waals surface area contributed by atoms with Gasteiger partial charge in [0.05, 0.1) is 12.7 Å². The van der Waals surface area contributed by atoms with Gasteiger partial charge < -0.3 is 14.9 Å². The van der Waals surface area contributed by atoms with E-state index in [-0.39, 0.29) is 11.3 Å². The Balaban J connectivity index is 3.51. The second-order valence-corrected chi connectivity index (χ2v) is 2.55. The number of hydrogen-bond acceptors (Lipinski definition) is 4. The highest BCUT2D eigenvalue weighted by molar-refractivity contribution is 5.88. The maximum absolute atomic E-state index is 11.1. The maximum atomic E-state index is 11.1. The predicted octanol–water partition coefficient (Wildman–Crippen LogP) is 0.459. The third kappa shape index (κ3) is 2.01. The van der Waals surface area contributed by atoms with Crippen LogP contribution in [0.4, 0.5) is 0 Å². The number of rotatable bonds is 2. The van der Waals surface area contributed by atoms with Crippen molar-refractivity contribution in [1.29, 1.82) is 0 Å². The molecule has 0 saturated heterocycles. The first-order valence-electron chi connectivity index (χ1n) is 3.70. The fourth-order valence-corrected chi connectivity index (χ4v) is 0.899. The van der Waals surface area contributed by atoms with Gasteiger partial charge in [0.2, 0.25) is 5.43 Å². The van der Waals surface area contributed by atoms with Gasteiger partial charge in [0.15, 0.2) is 5.75 Å². The minimum absolute atomic E-state index is 0.0905. The van der Waals surface area contributed by atoms with E-state index in [2.05, 4.69) is 0 Å². The Morgan fingerprint density at radius 2 is 2.00 bits per heavy atom. The number of carboxylic acids is 1. The Morgan fingerprint density at radius 3 is 2.50 bits per heavy atom. The van der Waals surface area contributed by atoms with Gasteiger partial charge >= 0.3 is 5.97 Å². The minimum atomic E-state index is -1.24. The van der Waals surface area contributed by atoms with E-state index < -0.39 is 17.1 Å². The molecule has 0 amide bonds. The molecular formula is C9H8O5. The smallest absolute Gasteiger partial charge is 0.335 e. The summed E-state index contributed by atoms with van der Waals surface area (Å²) < 4.78 is 4.73. The zero-order chi connectivity index (χ0) is 10.7. The highest BCUT2D eigenvalue weighted by Crippen LogP contribution is 2.13. The summed E-state index contributed by atoms with van der Waals surface area (Å²) in [5, 5.41) is 17.8. The summed E-state index contributed by atoms with van der Waals surface area (Å²) in [6, 6.07) is 3.05. The van der Waals surface area contributed by atoms with E-state index in [4.69, 9.17) is 14.9 Å². The Kier molecular flexibility index (Phi) is 2.71. The van der Waals surface area contributed by atoms with Crippen LogP contribution < -0.4 is 10.2 Å². The molecule has 0 radical (unpaired) electrons. The molecule has 0 heterocycles. The number of methoxy groups -OCH3 is 1. The minimum Gasteiger partial charge on any atom is -0.504 e. The van der Waals surface area contributed by atoms with E-state index in [0.29, 0.717) is 0 Å². The van der Waals surface area contributed by atoms with E-state index >= 15 is 0 Å². The lowest BCUT2D eigenvalue weighted by Crippen LogP contribution is -1.95. The largest absolute Gasteiger partial charge is 0.504 e. The molecule has 0 saturated carbocycles. The van der Waals surface area contributed by atoms with Crippen LogP contribution in [-0.2, 0) is 0 Å². The van der Waals surface area contributed by atoms with E-state index in [0.717, 1.165) is 18.2 Å². The Hall–Kier alpha value is -2.04. The molecule has 0 fully saturated rings. The second kappa shape index (κ2) is 3.78. The molecule has 0 aliphatic carbocycles. The van der Waals surface area contributed by atoms with E-state index in [1.165, 1.54) is 7.11 Å². The van der Waals surface area contributed by atoms with Gasteiger partial charge in [-0.2, -0.15) is 0 Å². The van der Waals surface area contributed by atoms with Gasteiger partial charge in [-0.05, 0) is 12.1 Å². The Labute approximate surface area is 79.2 Å². The molecule has 0 aliphatic rings. The summed E-state index contributed by atoms with van der Waals surface area (Å²) in [7, 11) is 1.30. The van der Waals surface area contributed by atoms with Gasteiger partial charge in [-0.15, -0.1) is 0 Å². The van der Waals surface area contributed by atoms with Crippen LogP contribution in [-0.4, -0.2) is 23.3 Å². The number of carboxylic acid groups (broad SMARTS) is 1. The lowest BCUT2D eigenvalue weighted by atomic mass is 10.3. The molecule has 5 nitrogen and oxygen atoms in total. The van der Waals surface area contributed by atoms with Gasteiger partial charge in [-0.3, -0.25) is 4.79 Å². The molecule has 1 aromatic rings. The Morgan fingerprint density at radius 1 is 1.36 bits per heavy atom. The summed E-state index contributed by atoms with van der Waals surface area (Å²) in [6.07, 6.45) is 0. The fourth-order valence-electron chi connectivity index (χ4n) is 0.899. The zero-order valence-corrected chi connectivity index (χ0v) is 7.35. The molecular weight excluding hydrogens is 188 g/mol. The van der Waals surface area contributed by atoms with Gasteiger partial charge in [0.25, 0.3) is 0 Å². The molecule has 14 heavy (non-hydrogen) atoms. The molecule has 0 spiro atoms. The van der Waals surface area contributed by atoms with Crippen molar-refractivity contribution < 1.29 is 19.7 Å². The van der Waals surface area contributed by atoms with Crippen molar-refractivity contribution in [2.24, 2.45) is 0 Å². The predicted molar refractivity (Wildman–Crippen MR) is 47.9 cm³/mol. The van der Waals surface area contributed by atoms with E-state index in [1.807, 2.05) is 0 Å². The first-order chi connectivity index (χ1) is 6.54. The van der Waals surface area contributed by atoms with Crippen LogP contribution in [0.1, 0.15) is 10.4 Å². The van der Waals surface area contributed by atoms with Crippen LogP contribution in [0.3, 0.4) is 0 Å². The fraction of sp³-hybridized carbons (Fsp3) is 0.111. The zero-order valence-electron chi connectivity index (χ0n) is 7.35. The van der Waals surface area contributed by atoms with Crippen molar-refractivity contribution in [1.82, 2.24) is 0 Å². The first kappa shape index (κ1) is 10.0. The lowest BCUT2D eigenvalue weighted by Gasteiger charge is -1.93. The summed E-state index contributed by atoms with van der Waals surface area (Å²) in [5.41, 5.74) is -0.893. The van der Waals surface area contributed by atoms with Crippen LogP contribution >= 0.6 is 0 Å². The van der Waals surface area contributed by atoms with Gasteiger partial charge in [0.1, 0.15) is 5.75 Å². The summed E-state index contributed by atoms with van der Waals surface area (Å²) in [6.45, 7) is 0. The van der Waals surface area contributed by atoms with Crippen LogP contribution in [0.5, 0.6) is 11.5 Å². The monoisotopic (exact) mass is 196 g/mol. The standard InChI is InChI=1S/C9H8O5/c1-14-6-2-5(9(12)13)3-7(10)8(11)4-6/h2-4H,1H3,(H,10,11)(H,12,13). The molecule has 1 rings (SSSR count). The first-order valence-corrected chi connectivity index (χ1v) is 3.70. The van der Waals surface area contributed by atoms with Crippen molar-refractivity contribution in [2.75, 3.05) is 7.11 Å². The molecule has 0 aromatic heterocycles. The van der Waals surface area contributed by atoms with Crippen molar-refractivity contribution >= 4 is 5.97 Å². The van der Waals surface area contributed by atoms with Crippen LogP contribution in [0.25, 0.3) is 0 Å². The highest BCUT2D eigenvalue weighted by Gasteiger charge is 2.06. The number of aromatic carboxylic acids is 1. The molecule has 0 bridgehead atoms. The molecule has 0 unspecified atom stereocenters. The van der Waals surface area contributed by atoms with Crippen molar-refractivity contribution in [3.05, 3.63) is 34.0 Å². The van der Waals surface area contributed by atoms with Crippen LogP contribution in [0.15, 0.2) is 23.0 Å². The summed E-state index contributed by atoms with van der Waals surface area (Å²) >= 11 is 0. The molecule has 5 heteroatoms. The van der Waals surface area contributed by atoms with Gasteiger partial charge in [0, 0.05) is 6.07 Å². The third-order valence-corrected chi connectivity index (χ3v) is 1.60. The average Bonchev–Trinajstić information content (AvgIpc) is 2.27. The summed E-state index contributed by atoms with van der Waals surface area (Å²) in [5.74, 6) is -1.77. The molecule has 0 atom stereocenters. The van der Waals surface area contributed by atoms with E-state index in [9.17, 15) is 9.59 Å². The Bertz CT molecular complexity index is 424. The number of ether oxygens (including phenoxy) is 1. The number of carbonyl (C=O) groups is 1. The highest BCUT2D eigenvalue weighted by atomic mass is 16.5. The molecule has 1 aromatic carbocycles. The van der Waals surface area contributed by atoms with Crippen molar-refractivity contribution in [3.8, 4) is 11.5 Å². The SMILES string of the molecule is COc1cc(C(=O)O)cc(O)c(=O)c1. The normalized spacial score (nSPS) is 9.50.